The second-order valence-electron chi connectivity index (χ2n) is 6.69. The first-order chi connectivity index (χ1) is 12.7. The van der Waals surface area contributed by atoms with E-state index in [9.17, 15) is 9.59 Å². The van der Waals surface area contributed by atoms with Gasteiger partial charge in [0.1, 0.15) is 6.54 Å². The van der Waals surface area contributed by atoms with Gasteiger partial charge in [-0.25, -0.2) is 4.98 Å². The van der Waals surface area contributed by atoms with Gasteiger partial charge in [-0.05, 0) is 50.9 Å². The number of nitrogens with one attached hydrogen (secondary N) is 1. The molecule has 1 aromatic heterocycles. The van der Waals surface area contributed by atoms with Crippen molar-refractivity contribution in [1.82, 2.24) is 19.8 Å². The number of carbonyl (C=O) groups excluding carboxylic acids is 2. The van der Waals surface area contributed by atoms with Gasteiger partial charge in [0.2, 0.25) is 5.91 Å². The molecule has 0 radical (unpaired) electrons. The fourth-order valence-electron chi connectivity index (χ4n) is 3.40. The maximum Gasteiger partial charge on any atom is 0.325 e. The first kappa shape index (κ1) is 18.4. The molecule has 1 aromatic carbocycles. The van der Waals surface area contributed by atoms with Crippen LogP contribution in [-0.2, 0) is 20.9 Å². The Bertz CT molecular complexity index is 750. The number of fused-ring (bicyclic) bond motifs is 1. The lowest BCUT2D eigenvalue weighted by atomic mass is 9.96. The highest BCUT2D eigenvalue weighted by molar-refractivity contribution is 5.83. The number of piperidine rings is 1. The molecular formula is C19H26N4O3. The second kappa shape index (κ2) is 8.80. The Morgan fingerprint density at radius 3 is 2.81 bits per heavy atom. The predicted molar refractivity (Wildman–Crippen MR) is 98.5 cm³/mol. The van der Waals surface area contributed by atoms with E-state index in [0.29, 0.717) is 19.1 Å². The lowest BCUT2D eigenvalue weighted by Gasteiger charge is -2.31. The van der Waals surface area contributed by atoms with Gasteiger partial charge in [-0.15, -0.1) is 0 Å². The Morgan fingerprint density at radius 1 is 1.27 bits per heavy atom. The summed E-state index contributed by atoms with van der Waals surface area (Å²) in [5.41, 5.74) is 2.21. The molecule has 26 heavy (non-hydrogen) atoms. The molecule has 0 spiro atoms. The molecule has 1 aliphatic heterocycles. The van der Waals surface area contributed by atoms with Crippen molar-refractivity contribution in [2.45, 2.75) is 26.3 Å². The van der Waals surface area contributed by atoms with Crippen molar-refractivity contribution >= 4 is 22.9 Å². The summed E-state index contributed by atoms with van der Waals surface area (Å²) >= 11 is 0. The fraction of sp³-hybridized carbons (Fsp3) is 0.526. The molecule has 1 saturated heterocycles. The van der Waals surface area contributed by atoms with Gasteiger partial charge in [-0.3, -0.25) is 14.5 Å². The molecule has 1 amide bonds. The first-order valence-corrected chi connectivity index (χ1v) is 9.20. The molecule has 0 bridgehead atoms. The number of aromatic nitrogens is 2. The predicted octanol–water partition coefficient (Wildman–Crippen LogP) is 1.43. The van der Waals surface area contributed by atoms with Crippen LogP contribution in [0, 0.1) is 5.92 Å². The highest BCUT2D eigenvalue weighted by Gasteiger charge is 2.21. The van der Waals surface area contributed by atoms with Crippen molar-refractivity contribution in [3.63, 3.8) is 0 Å². The third kappa shape index (κ3) is 4.82. The Balaban J connectivity index is 1.41. The second-order valence-corrected chi connectivity index (χ2v) is 6.69. The maximum atomic E-state index is 11.9. The zero-order valence-electron chi connectivity index (χ0n) is 15.2. The third-order valence-corrected chi connectivity index (χ3v) is 4.79. The monoisotopic (exact) mass is 358 g/mol. The van der Waals surface area contributed by atoms with Crippen molar-refractivity contribution in [2.24, 2.45) is 5.92 Å². The Labute approximate surface area is 153 Å². The zero-order chi connectivity index (χ0) is 18.4. The SMILES string of the molecule is CCOC(=O)CNC(=O)CN1CCC(Cn2cnc3ccccc32)CC1. The van der Waals surface area contributed by atoms with Crippen LogP contribution in [0.4, 0.5) is 0 Å². The number of carbonyl (C=O) groups is 2. The van der Waals surface area contributed by atoms with Crippen molar-refractivity contribution in [2.75, 3.05) is 32.8 Å². The molecule has 140 valence electrons. The number of nitrogens with zero attached hydrogens (tertiary/aromatic N) is 3. The van der Waals surface area contributed by atoms with E-state index in [1.807, 2.05) is 24.5 Å². The molecule has 2 heterocycles. The van der Waals surface area contributed by atoms with Gasteiger partial charge in [0.05, 0.1) is 30.5 Å². The number of rotatable bonds is 7. The van der Waals surface area contributed by atoms with Gasteiger partial charge < -0.3 is 14.6 Å². The van der Waals surface area contributed by atoms with Gasteiger partial charge in [0.25, 0.3) is 0 Å². The number of ether oxygens (including phenoxy) is 1. The zero-order valence-corrected chi connectivity index (χ0v) is 15.2. The quantitative estimate of drug-likeness (QED) is 0.758. The molecule has 0 saturated carbocycles. The van der Waals surface area contributed by atoms with Gasteiger partial charge in [-0.1, -0.05) is 12.1 Å². The molecule has 1 fully saturated rings. The Kier molecular flexibility index (Phi) is 6.22. The van der Waals surface area contributed by atoms with Crippen LogP contribution >= 0.6 is 0 Å². The molecule has 0 atom stereocenters. The average molecular weight is 358 g/mol. The highest BCUT2D eigenvalue weighted by atomic mass is 16.5. The minimum atomic E-state index is -0.396. The lowest BCUT2D eigenvalue weighted by molar-refractivity contribution is -0.143. The topological polar surface area (TPSA) is 76.5 Å². The van der Waals surface area contributed by atoms with Crippen LogP contribution in [0.3, 0.4) is 0 Å². The van der Waals surface area contributed by atoms with E-state index < -0.39 is 5.97 Å². The molecule has 1 N–H and O–H groups in total. The van der Waals surface area contributed by atoms with Crippen molar-refractivity contribution in [3.8, 4) is 0 Å². The van der Waals surface area contributed by atoms with Crippen molar-refractivity contribution in [1.29, 1.82) is 0 Å². The van der Waals surface area contributed by atoms with E-state index in [1.165, 1.54) is 5.52 Å². The number of benzene rings is 1. The summed E-state index contributed by atoms with van der Waals surface area (Å²) in [4.78, 5) is 29.8. The smallest absolute Gasteiger partial charge is 0.325 e. The first-order valence-electron chi connectivity index (χ1n) is 9.20. The van der Waals surface area contributed by atoms with Crippen LogP contribution in [0.1, 0.15) is 19.8 Å². The number of imidazole rings is 1. The van der Waals surface area contributed by atoms with Crippen LogP contribution < -0.4 is 5.32 Å². The van der Waals surface area contributed by atoms with Crippen LogP contribution in [0.25, 0.3) is 11.0 Å². The number of hydrogen-bond acceptors (Lipinski definition) is 5. The summed E-state index contributed by atoms with van der Waals surface area (Å²) in [5, 5.41) is 2.61. The average Bonchev–Trinajstić information content (AvgIpc) is 3.05. The normalized spacial score (nSPS) is 15.9. The summed E-state index contributed by atoms with van der Waals surface area (Å²) in [6.45, 7) is 5.10. The molecular weight excluding hydrogens is 332 g/mol. The summed E-state index contributed by atoms with van der Waals surface area (Å²) in [5.74, 6) is 0.0654. The largest absolute Gasteiger partial charge is 0.465 e. The van der Waals surface area contributed by atoms with Crippen LogP contribution in [0.15, 0.2) is 30.6 Å². The Morgan fingerprint density at radius 2 is 2.04 bits per heavy atom. The number of amides is 1. The molecule has 2 aromatic rings. The van der Waals surface area contributed by atoms with Crippen molar-refractivity contribution < 1.29 is 14.3 Å². The number of likely N-dealkylation sites (tertiary alicyclic amines) is 1. The fourth-order valence-corrected chi connectivity index (χ4v) is 3.40. The van der Waals surface area contributed by atoms with Gasteiger partial charge >= 0.3 is 5.97 Å². The van der Waals surface area contributed by atoms with Crippen molar-refractivity contribution in [3.05, 3.63) is 30.6 Å². The molecule has 3 rings (SSSR count). The number of para-hydroxylation sites is 2. The minimum absolute atomic E-state index is 0.0587. The summed E-state index contributed by atoms with van der Waals surface area (Å²) in [6.07, 6.45) is 4.02. The van der Waals surface area contributed by atoms with Gasteiger partial charge in [-0.2, -0.15) is 0 Å². The van der Waals surface area contributed by atoms with E-state index in [2.05, 4.69) is 25.8 Å². The van der Waals surface area contributed by atoms with Gasteiger partial charge in [0.15, 0.2) is 0 Å². The van der Waals surface area contributed by atoms with E-state index in [-0.39, 0.29) is 12.5 Å². The van der Waals surface area contributed by atoms with Crippen LogP contribution in [0.2, 0.25) is 0 Å². The highest BCUT2D eigenvalue weighted by Crippen LogP contribution is 2.21. The summed E-state index contributed by atoms with van der Waals surface area (Å²) in [7, 11) is 0. The maximum absolute atomic E-state index is 11.9. The van der Waals surface area contributed by atoms with E-state index in [1.54, 1.807) is 6.92 Å². The van der Waals surface area contributed by atoms with E-state index in [0.717, 1.165) is 38.0 Å². The molecule has 1 aliphatic rings. The number of hydrogen-bond donors (Lipinski definition) is 1. The van der Waals surface area contributed by atoms with Crippen LogP contribution in [-0.4, -0.2) is 59.1 Å². The Hall–Kier alpha value is -2.41. The summed E-state index contributed by atoms with van der Waals surface area (Å²) < 4.78 is 7.03. The molecule has 0 unspecified atom stereocenters. The van der Waals surface area contributed by atoms with Crippen LogP contribution in [0.5, 0.6) is 0 Å². The van der Waals surface area contributed by atoms with E-state index >= 15 is 0 Å². The summed E-state index contributed by atoms with van der Waals surface area (Å²) in [6, 6.07) is 8.18. The lowest BCUT2D eigenvalue weighted by Crippen LogP contribution is -2.43. The van der Waals surface area contributed by atoms with E-state index in [4.69, 9.17) is 4.74 Å². The standard InChI is InChI=1S/C19H26N4O3/c1-2-26-19(25)11-20-18(24)13-22-9-7-15(8-10-22)12-23-14-21-16-5-3-4-6-17(16)23/h3-6,14-15H,2,7-13H2,1H3,(H,20,24). The molecule has 0 aliphatic carbocycles. The number of esters is 1. The molecule has 7 nitrogen and oxygen atoms in total. The molecule has 7 heteroatoms. The minimum Gasteiger partial charge on any atom is -0.465 e. The van der Waals surface area contributed by atoms with Gasteiger partial charge in [0, 0.05) is 6.54 Å². The third-order valence-electron chi connectivity index (χ3n) is 4.79.